The number of benzene rings is 1. The zero-order valence-corrected chi connectivity index (χ0v) is 19.8. The van der Waals surface area contributed by atoms with Crippen molar-refractivity contribution >= 4 is 29.2 Å². The fourth-order valence-electron chi connectivity index (χ4n) is 3.88. The Labute approximate surface area is 206 Å². The van der Waals surface area contributed by atoms with E-state index in [1.807, 2.05) is 0 Å². The van der Waals surface area contributed by atoms with Crippen molar-refractivity contribution in [3.63, 3.8) is 0 Å². The molecule has 1 saturated heterocycles. The number of rotatable bonds is 3. The maximum absolute atomic E-state index is 14.9. The third-order valence-electron chi connectivity index (χ3n) is 5.74. The van der Waals surface area contributed by atoms with E-state index in [-0.39, 0.29) is 29.0 Å². The van der Waals surface area contributed by atoms with Crippen LogP contribution in [0.25, 0.3) is 0 Å². The van der Waals surface area contributed by atoms with Crippen LogP contribution in [0.15, 0.2) is 42.7 Å². The number of likely N-dealkylation sites (tertiary alicyclic amines) is 1. The normalized spacial score (nSPS) is 17.5. The number of aryl methyl sites for hydroxylation is 1. The number of carbonyl (C=O) groups is 2. The van der Waals surface area contributed by atoms with Crippen LogP contribution in [0.4, 0.5) is 14.6 Å². The molecule has 1 aromatic carbocycles. The molecular weight excluding hydrogens is 476 g/mol. The van der Waals surface area contributed by atoms with Gasteiger partial charge in [0.2, 0.25) is 5.91 Å². The maximum Gasteiger partial charge on any atom is 0.276 e. The number of carbonyl (C=O) groups excluding carboxylic acids is 2. The van der Waals surface area contributed by atoms with Crippen LogP contribution in [0.1, 0.15) is 46.6 Å². The highest BCUT2D eigenvalue weighted by Crippen LogP contribution is 2.29. The Morgan fingerprint density at radius 3 is 2.54 bits per heavy atom. The number of piperidine rings is 1. The minimum absolute atomic E-state index is 0.0250. The van der Waals surface area contributed by atoms with Crippen molar-refractivity contribution < 1.29 is 18.4 Å². The van der Waals surface area contributed by atoms with Crippen molar-refractivity contribution in [2.75, 3.05) is 18.4 Å². The van der Waals surface area contributed by atoms with E-state index < -0.39 is 18.1 Å². The van der Waals surface area contributed by atoms with E-state index in [0.717, 1.165) is 0 Å². The van der Waals surface area contributed by atoms with Gasteiger partial charge in [-0.1, -0.05) is 23.4 Å². The molecule has 3 aromatic rings. The van der Waals surface area contributed by atoms with E-state index in [2.05, 4.69) is 27.2 Å². The first-order valence-electron chi connectivity index (χ1n) is 10.9. The molecule has 35 heavy (non-hydrogen) atoms. The lowest BCUT2D eigenvalue weighted by Gasteiger charge is -2.34. The summed E-state index contributed by atoms with van der Waals surface area (Å²) in [5, 5.41) is 6.93. The van der Waals surface area contributed by atoms with Crippen LogP contribution >= 0.6 is 11.6 Å². The topological polar surface area (TPSA) is 80.1 Å². The van der Waals surface area contributed by atoms with Gasteiger partial charge < -0.3 is 10.2 Å². The lowest BCUT2D eigenvalue weighted by atomic mass is 10.0. The SMILES string of the molecule is CC(=O)N1CC[C@@H](n2ncc(Cl)c2C(=O)Nc2ncc(C#Cc3ccc(F)cc3)cc2C)[C@H](F)C1. The highest BCUT2D eigenvalue weighted by Gasteiger charge is 2.35. The minimum Gasteiger partial charge on any atom is -0.340 e. The lowest BCUT2D eigenvalue weighted by Crippen LogP contribution is -2.45. The Balaban J connectivity index is 1.50. The first kappa shape index (κ1) is 24.4. The monoisotopic (exact) mass is 497 g/mol. The number of alkyl halides is 1. The molecule has 0 aliphatic carbocycles. The summed E-state index contributed by atoms with van der Waals surface area (Å²) < 4.78 is 29.2. The van der Waals surface area contributed by atoms with Crippen LogP contribution in [0, 0.1) is 24.6 Å². The van der Waals surface area contributed by atoms with Gasteiger partial charge in [0.05, 0.1) is 23.8 Å². The van der Waals surface area contributed by atoms with Crippen LogP contribution in [0.3, 0.4) is 0 Å². The maximum atomic E-state index is 14.9. The molecule has 7 nitrogen and oxygen atoms in total. The summed E-state index contributed by atoms with van der Waals surface area (Å²) in [6.07, 6.45) is 1.72. The number of nitrogens with zero attached hydrogens (tertiary/aromatic N) is 4. The molecule has 0 spiro atoms. The van der Waals surface area contributed by atoms with Crippen molar-refractivity contribution in [2.45, 2.75) is 32.5 Å². The third-order valence-corrected chi connectivity index (χ3v) is 6.01. The van der Waals surface area contributed by atoms with Gasteiger partial charge in [-0.3, -0.25) is 14.3 Å². The molecule has 0 bridgehead atoms. The molecule has 2 aromatic heterocycles. The molecule has 1 fully saturated rings. The van der Waals surface area contributed by atoms with Crippen LogP contribution in [-0.4, -0.2) is 50.7 Å². The molecular formula is C25H22ClF2N5O2. The zero-order valence-electron chi connectivity index (χ0n) is 19.1. The Morgan fingerprint density at radius 1 is 1.17 bits per heavy atom. The summed E-state index contributed by atoms with van der Waals surface area (Å²) in [6.45, 7) is 3.45. The standard InChI is InChI=1S/C25H22ClF2N5O2/c1-15-11-18(4-3-17-5-7-19(27)8-6-17)12-29-24(15)31-25(35)23-20(26)13-30-33(23)22-9-10-32(16(2)34)14-21(22)28/h5-8,11-13,21-22H,9-10,14H2,1-2H3,(H,29,31,35)/t21-,22-/m1/s1. The quantitative estimate of drug-likeness (QED) is 0.551. The molecule has 10 heteroatoms. The number of anilines is 1. The summed E-state index contributed by atoms with van der Waals surface area (Å²) in [5.41, 5.74) is 1.96. The van der Waals surface area contributed by atoms with E-state index in [9.17, 15) is 18.4 Å². The van der Waals surface area contributed by atoms with E-state index >= 15 is 0 Å². The summed E-state index contributed by atoms with van der Waals surface area (Å²) >= 11 is 6.23. The molecule has 4 rings (SSSR count). The average molecular weight is 498 g/mol. The number of amides is 2. The Morgan fingerprint density at radius 2 is 1.89 bits per heavy atom. The zero-order chi connectivity index (χ0) is 25.1. The van der Waals surface area contributed by atoms with Gasteiger partial charge >= 0.3 is 0 Å². The predicted molar refractivity (Wildman–Crippen MR) is 127 cm³/mol. The number of hydrogen-bond donors (Lipinski definition) is 1. The fraction of sp³-hybridized carbons (Fsp3) is 0.280. The number of halogens is 3. The number of pyridine rings is 1. The van der Waals surface area contributed by atoms with Crippen molar-refractivity contribution in [2.24, 2.45) is 0 Å². The van der Waals surface area contributed by atoms with E-state index in [1.165, 1.54) is 41.0 Å². The van der Waals surface area contributed by atoms with Crippen LogP contribution < -0.4 is 5.32 Å². The summed E-state index contributed by atoms with van der Waals surface area (Å²) in [7, 11) is 0. The molecule has 2 amide bonds. The Bertz CT molecular complexity index is 1330. The van der Waals surface area contributed by atoms with Gasteiger partial charge in [-0.05, 0) is 49.2 Å². The van der Waals surface area contributed by atoms with Crippen LogP contribution in [-0.2, 0) is 4.79 Å². The lowest BCUT2D eigenvalue weighted by molar-refractivity contribution is -0.131. The Kier molecular flexibility index (Phi) is 7.12. The molecule has 180 valence electrons. The van der Waals surface area contributed by atoms with E-state index in [1.54, 1.807) is 25.1 Å². The number of nitrogens with one attached hydrogen (secondary N) is 1. The Hall–Kier alpha value is -3.77. The van der Waals surface area contributed by atoms with Crippen molar-refractivity contribution in [3.05, 3.63) is 75.9 Å². The number of aromatic nitrogens is 3. The molecule has 3 heterocycles. The molecule has 1 aliphatic rings. The van der Waals surface area contributed by atoms with Gasteiger partial charge in [0.15, 0.2) is 0 Å². The summed E-state index contributed by atoms with van der Waals surface area (Å²) in [5.74, 6) is 5.08. The molecule has 0 saturated carbocycles. The van der Waals surface area contributed by atoms with Gasteiger partial charge in [-0.2, -0.15) is 5.10 Å². The minimum atomic E-state index is -1.39. The third kappa shape index (κ3) is 5.49. The highest BCUT2D eigenvalue weighted by atomic mass is 35.5. The number of hydrogen-bond acceptors (Lipinski definition) is 4. The van der Waals surface area contributed by atoms with Gasteiger partial charge in [0.25, 0.3) is 5.91 Å². The predicted octanol–water partition coefficient (Wildman–Crippen LogP) is 4.16. The summed E-state index contributed by atoms with van der Waals surface area (Å²) in [4.78, 5) is 30.4. The second kappa shape index (κ2) is 10.2. The van der Waals surface area contributed by atoms with Gasteiger partial charge in [-0.25, -0.2) is 13.8 Å². The highest BCUT2D eigenvalue weighted by molar-refractivity contribution is 6.34. The van der Waals surface area contributed by atoms with Crippen molar-refractivity contribution in [1.29, 1.82) is 0 Å². The van der Waals surface area contributed by atoms with Crippen LogP contribution in [0.5, 0.6) is 0 Å². The second-order valence-corrected chi connectivity index (χ2v) is 8.63. The molecule has 0 unspecified atom stereocenters. The first-order chi connectivity index (χ1) is 16.7. The smallest absolute Gasteiger partial charge is 0.276 e. The van der Waals surface area contributed by atoms with Crippen LogP contribution in [0.2, 0.25) is 5.02 Å². The van der Waals surface area contributed by atoms with Crippen molar-refractivity contribution in [3.8, 4) is 11.8 Å². The van der Waals surface area contributed by atoms with Gasteiger partial charge in [0.1, 0.15) is 23.5 Å². The molecule has 1 N–H and O–H groups in total. The largest absolute Gasteiger partial charge is 0.340 e. The molecule has 2 atom stereocenters. The van der Waals surface area contributed by atoms with E-state index in [0.29, 0.717) is 35.5 Å². The first-order valence-corrected chi connectivity index (χ1v) is 11.3. The second-order valence-electron chi connectivity index (χ2n) is 8.22. The van der Waals surface area contributed by atoms with Gasteiger partial charge in [0, 0.05) is 30.8 Å². The average Bonchev–Trinajstić information content (AvgIpc) is 3.21. The fourth-order valence-corrected chi connectivity index (χ4v) is 4.09. The molecule has 0 radical (unpaired) electrons. The summed E-state index contributed by atoms with van der Waals surface area (Å²) in [6, 6.07) is 6.86. The van der Waals surface area contributed by atoms with Gasteiger partial charge in [-0.15, -0.1) is 0 Å². The molecule has 1 aliphatic heterocycles. The van der Waals surface area contributed by atoms with Crippen molar-refractivity contribution in [1.82, 2.24) is 19.7 Å². The van der Waals surface area contributed by atoms with E-state index in [4.69, 9.17) is 11.6 Å².